The number of imide groups is 1. The molecule has 0 bridgehead atoms. The molecule has 1 aromatic rings. The van der Waals surface area contributed by atoms with Crippen molar-refractivity contribution in [3.8, 4) is 0 Å². The lowest BCUT2D eigenvalue weighted by Crippen LogP contribution is -2.62. The van der Waals surface area contributed by atoms with Gasteiger partial charge in [-0.15, -0.1) is 0 Å². The molecule has 2 aliphatic heterocycles. The van der Waals surface area contributed by atoms with E-state index in [1.807, 2.05) is 27.7 Å². The molecule has 13 nitrogen and oxygen atoms in total. The average molecular weight is 711 g/mol. The van der Waals surface area contributed by atoms with Crippen LogP contribution in [0, 0.1) is 22.7 Å². The zero-order valence-corrected chi connectivity index (χ0v) is 31.8. The minimum atomic E-state index is -1.12. The molecule has 0 aromatic heterocycles. The number of carbonyl (C=O) groups excluding carboxylic acids is 7. The van der Waals surface area contributed by atoms with Crippen LogP contribution in [0.1, 0.15) is 122 Å². The van der Waals surface area contributed by atoms with Gasteiger partial charge in [0, 0.05) is 6.54 Å². The highest BCUT2D eigenvalue weighted by Gasteiger charge is 2.46. The van der Waals surface area contributed by atoms with Crippen LogP contribution in [0.25, 0.3) is 0 Å². The molecule has 1 aliphatic carbocycles. The minimum absolute atomic E-state index is 0.0741. The highest BCUT2D eigenvalue weighted by atomic mass is 16.2. The first-order chi connectivity index (χ1) is 23.7. The molecule has 1 saturated heterocycles. The fourth-order valence-electron chi connectivity index (χ4n) is 6.59. The van der Waals surface area contributed by atoms with Crippen molar-refractivity contribution in [1.29, 1.82) is 0 Å². The van der Waals surface area contributed by atoms with E-state index in [4.69, 9.17) is 5.73 Å². The predicted octanol–water partition coefficient (Wildman–Crippen LogP) is 3.79. The second kappa shape index (κ2) is 16.8. The van der Waals surface area contributed by atoms with Crippen LogP contribution in [0.5, 0.6) is 0 Å². The van der Waals surface area contributed by atoms with E-state index >= 15 is 0 Å². The van der Waals surface area contributed by atoms with Gasteiger partial charge in [-0.25, -0.2) is 4.79 Å². The Kier molecular flexibility index (Phi) is 13.6. The smallest absolute Gasteiger partial charge is 0.315 e. The number of nitrogens with two attached hydrogens (primary N) is 1. The maximum Gasteiger partial charge on any atom is 0.315 e. The molecule has 282 valence electrons. The van der Waals surface area contributed by atoms with Gasteiger partial charge in [0.1, 0.15) is 12.1 Å². The third-order valence-corrected chi connectivity index (χ3v) is 9.90. The van der Waals surface area contributed by atoms with Crippen molar-refractivity contribution in [3.63, 3.8) is 0 Å². The molecule has 1 saturated carbocycles. The van der Waals surface area contributed by atoms with Gasteiger partial charge in [0.05, 0.1) is 29.8 Å². The first-order valence-corrected chi connectivity index (χ1v) is 18.2. The molecule has 5 N–H and O–H groups in total. The highest BCUT2D eigenvalue weighted by Crippen LogP contribution is 2.32. The molecular formula is C38H58N6O7. The van der Waals surface area contributed by atoms with Crippen LogP contribution < -0.4 is 21.7 Å². The lowest BCUT2D eigenvalue weighted by molar-refractivity contribution is -0.144. The molecule has 7 amide bonds. The van der Waals surface area contributed by atoms with E-state index in [1.54, 1.807) is 45.0 Å². The van der Waals surface area contributed by atoms with Crippen molar-refractivity contribution in [1.82, 2.24) is 25.8 Å². The number of hydrogen-bond donors (Lipinski definition) is 4. The van der Waals surface area contributed by atoms with Gasteiger partial charge in [-0.2, -0.15) is 0 Å². The highest BCUT2D eigenvalue weighted by molar-refractivity contribution is 6.37. The summed E-state index contributed by atoms with van der Waals surface area (Å²) >= 11 is 0. The summed E-state index contributed by atoms with van der Waals surface area (Å²) in [6, 6.07) is 2.18. The summed E-state index contributed by atoms with van der Waals surface area (Å²) in [6.45, 7) is 17.3. The number of Topliss-reactive ketones (excluding diaryl/α,β-unsaturated/α-hetero) is 1. The summed E-state index contributed by atoms with van der Waals surface area (Å²) in [5, 5.41) is 8.43. The van der Waals surface area contributed by atoms with Crippen LogP contribution in [-0.2, 0) is 19.2 Å². The standard InChI is InChI=1S/C35H50N6O7.C3H8/c1-19-15-16-40(25(19)29(44)37-23(26(42)28(36)43)17-20-11-10-12-20)32(47)27(35(5,6)7)39-33(48)38-24(34(2,3)4)18-41-30(45)21-13-8-9-14-22(21)31(41)46;1-3-2/h8-9,13-14,19-20,23-25,27H,10-12,15-18H2,1-7H3,(H2,36,43)(H,37,44)(H2,38,39,48);3H2,1-2H3. The van der Waals surface area contributed by atoms with Gasteiger partial charge >= 0.3 is 6.03 Å². The Morgan fingerprint density at radius 3 is 1.86 bits per heavy atom. The summed E-state index contributed by atoms with van der Waals surface area (Å²) in [5.41, 5.74) is 4.55. The maximum absolute atomic E-state index is 14.2. The number of ketones is 1. The summed E-state index contributed by atoms with van der Waals surface area (Å²) in [4.78, 5) is 94.6. The molecular weight excluding hydrogens is 652 g/mol. The van der Waals surface area contributed by atoms with Crippen molar-refractivity contribution >= 4 is 41.4 Å². The molecule has 13 heteroatoms. The number of primary amides is 1. The van der Waals surface area contributed by atoms with Crippen LogP contribution >= 0.6 is 0 Å². The van der Waals surface area contributed by atoms with Crippen molar-refractivity contribution < 1.29 is 33.6 Å². The topological polar surface area (TPSA) is 188 Å². The molecule has 3 aliphatic rings. The summed E-state index contributed by atoms with van der Waals surface area (Å²) in [7, 11) is 0. The van der Waals surface area contributed by atoms with Gasteiger partial charge in [0.15, 0.2) is 0 Å². The molecule has 0 spiro atoms. The largest absolute Gasteiger partial charge is 0.363 e. The zero-order valence-electron chi connectivity index (χ0n) is 31.8. The van der Waals surface area contributed by atoms with Gasteiger partial charge in [-0.05, 0) is 47.6 Å². The lowest BCUT2D eigenvalue weighted by Gasteiger charge is -2.38. The summed E-state index contributed by atoms with van der Waals surface area (Å²) in [6.07, 6.45) is 4.91. The number of benzene rings is 1. The summed E-state index contributed by atoms with van der Waals surface area (Å²) < 4.78 is 0. The van der Waals surface area contributed by atoms with Gasteiger partial charge in [0.25, 0.3) is 17.7 Å². The van der Waals surface area contributed by atoms with Gasteiger partial charge in [-0.1, -0.05) is 100 Å². The Labute approximate surface area is 302 Å². The second-order valence-corrected chi connectivity index (χ2v) is 16.4. The average Bonchev–Trinajstić information content (AvgIpc) is 3.52. The number of amides is 7. The Balaban J connectivity index is 0.00000226. The van der Waals surface area contributed by atoms with E-state index in [1.165, 1.54) is 11.3 Å². The predicted molar refractivity (Wildman–Crippen MR) is 193 cm³/mol. The van der Waals surface area contributed by atoms with E-state index in [-0.39, 0.29) is 24.9 Å². The quantitative estimate of drug-likeness (QED) is 0.199. The normalized spacial score (nSPS) is 20.6. The molecule has 1 aromatic carbocycles. The van der Waals surface area contributed by atoms with Crippen molar-refractivity contribution in [2.45, 2.75) is 125 Å². The zero-order chi connectivity index (χ0) is 38.4. The van der Waals surface area contributed by atoms with Crippen molar-refractivity contribution in [2.75, 3.05) is 13.1 Å². The Hall–Kier alpha value is -4.29. The van der Waals surface area contributed by atoms with Crippen molar-refractivity contribution in [2.24, 2.45) is 28.4 Å². The molecule has 51 heavy (non-hydrogen) atoms. The third kappa shape index (κ3) is 9.94. The van der Waals surface area contributed by atoms with Gasteiger partial charge in [0.2, 0.25) is 17.6 Å². The second-order valence-electron chi connectivity index (χ2n) is 16.4. The molecule has 2 heterocycles. The first-order valence-electron chi connectivity index (χ1n) is 18.2. The third-order valence-electron chi connectivity index (χ3n) is 9.90. The number of fused-ring (bicyclic) bond motifs is 1. The number of carbonyl (C=O) groups is 7. The number of urea groups is 1. The number of nitrogens with one attached hydrogen (secondary N) is 3. The molecule has 5 unspecified atom stereocenters. The number of rotatable bonds is 11. The number of likely N-dealkylation sites (tertiary alicyclic amines) is 1. The molecule has 4 rings (SSSR count). The lowest BCUT2D eigenvalue weighted by atomic mass is 9.80. The fourth-order valence-corrected chi connectivity index (χ4v) is 6.59. The molecule has 0 radical (unpaired) electrons. The van der Waals surface area contributed by atoms with E-state index in [0.717, 1.165) is 24.2 Å². The number of hydrogen-bond acceptors (Lipinski definition) is 7. The van der Waals surface area contributed by atoms with Crippen LogP contribution in [-0.4, -0.2) is 88.4 Å². The maximum atomic E-state index is 14.2. The SMILES string of the molecule is CC1CCN(C(=O)C(NC(=O)NC(CN2C(=O)c3ccccc3C2=O)C(C)(C)C)C(C)(C)C)C1C(=O)NC(CC1CCC1)C(=O)C(N)=O.CCC. The van der Waals surface area contributed by atoms with Crippen LogP contribution in [0.15, 0.2) is 24.3 Å². The van der Waals surface area contributed by atoms with Gasteiger partial charge < -0.3 is 26.6 Å². The molecule has 2 fully saturated rings. The van der Waals surface area contributed by atoms with Gasteiger partial charge in [-0.3, -0.25) is 33.7 Å². The number of nitrogens with zero attached hydrogens (tertiary/aromatic N) is 2. The van der Waals surface area contributed by atoms with E-state index < -0.39 is 76.3 Å². The Morgan fingerprint density at radius 2 is 1.41 bits per heavy atom. The van der Waals surface area contributed by atoms with Crippen LogP contribution in [0.3, 0.4) is 0 Å². The first kappa shape index (κ1) is 41.1. The van der Waals surface area contributed by atoms with E-state index in [0.29, 0.717) is 24.0 Å². The Bertz CT molecular complexity index is 1460. The fraction of sp³-hybridized carbons (Fsp3) is 0.658. The van der Waals surface area contributed by atoms with Crippen LogP contribution in [0.2, 0.25) is 0 Å². The monoisotopic (exact) mass is 710 g/mol. The Morgan fingerprint density at radius 1 is 0.863 bits per heavy atom. The van der Waals surface area contributed by atoms with E-state index in [2.05, 4.69) is 29.8 Å². The minimum Gasteiger partial charge on any atom is -0.363 e. The molecule has 5 atom stereocenters. The van der Waals surface area contributed by atoms with E-state index in [9.17, 15) is 33.6 Å². The van der Waals surface area contributed by atoms with Crippen LogP contribution in [0.4, 0.5) is 4.79 Å². The summed E-state index contributed by atoms with van der Waals surface area (Å²) in [5.74, 6) is -3.90. The van der Waals surface area contributed by atoms with Crippen molar-refractivity contribution in [3.05, 3.63) is 35.4 Å².